The lowest BCUT2D eigenvalue weighted by atomic mass is 9.90. The Kier molecular flexibility index (Phi) is 5.32. The highest BCUT2D eigenvalue weighted by atomic mass is 32.2. The summed E-state index contributed by atoms with van der Waals surface area (Å²) in [5, 5.41) is 4.26. The summed E-state index contributed by atoms with van der Waals surface area (Å²) in [6.45, 7) is 1.68. The molecule has 3 aromatic rings. The zero-order chi connectivity index (χ0) is 23.2. The number of nitrogens with zero attached hydrogens (tertiary/aromatic N) is 2. The lowest BCUT2D eigenvalue weighted by molar-refractivity contribution is -0.139. The van der Waals surface area contributed by atoms with E-state index in [1.54, 1.807) is 25.1 Å². The Morgan fingerprint density at radius 1 is 1.09 bits per heavy atom. The molecule has 0 saturated carbocycles. The molecule has 2 saturated heterocycles. The van der Waals surface area contributed by atoms with E-state index in [1.807, 2.05) is 42.5 Å². The summed E-state index contributed by atoms with van der Waals surface area (Å²) in [6.07, 6.45) is 0. The first-order chi connectivity index (χ1) is 15.9. The van der Waals surface area contributed by atoms with Crippen LogP contribution in [0.4, 0.5) is 9.18 Å². The first kappa shape index (κ1) is 21.5. The number of fused-ring (bicyclic) bond motifs is 1. The molecule has 2 heterocycles. The zero-order valence-electron chi connectivity index (χ0n) is 18.0. The molecule has 168 valence electrons. The van der Waals surface area contributed by atoms with E-state index in [0.717, 1.165) is 15.7 Å². The van der Waals surface area contributed by atoms with E-state index in [9.17, 15) is 18.8 Å². The van der Waals surface area contributed by atoms with E-state index in [1.165, 1.54) is 22.7 Å². The highest BCUT2D eigenvalue weighted by Gasteiger charge is 2.50. The minimum absolute atomic E-state index is 0.381. The maximum Gasteiger partial charge on any atom is 0.325 e. The molecule has 33 heavy (non-hydrogen) atoms. The van der Waals surface area contributed by atoms with Crippen molar-refractivity contribution in [3.8, 4) is 0 Å². The molecule has 2 aliphatic rings. The minimum Gasteiger partial charge on any atom is -0.324 e. The van der Waals surface area contributed by atoms with Crippen LogP contribution in [0.1, 0.15) is 23.4 Å². The Hall–Kier alpha value is -3.39. The van der Waals surface area contributed by atoms with Gasteiger partial charge in [-0.3, -0.25) is 14.5 Å². The fourth-order valence-corrected chi connectivity index (χ4v) is 5.72. The molecule has 2 fully saturated rings. The third-order valence-electron chi connectivity index (χ3n) is 6.28. The number of rotatable bonds is 4. The number of nitrogens with one attached hydrogen (secondary N) is 1. The van der Waals surface area contributed by atoms with Crippen LogP contribution in [0.2, 0.25) is 0 Å². The van der Waals surface area contributed by atoms with Crippen LogP contribution < -0.4 is 5.32 Å². The Labute approximate surface area is 194 Å². The van der Waals surface area contributed by atoms with Crippen LogP contribution >= 0.6 is 11.8 Å². The molecule has 2 aliphatic heterocycles. The third kappa shape index (κ3) is 3.64. The average molecular weight is 464 g/mol. The number of hydrogen-bond acceptors (Lipinski definition) is 4. The van der Waals surface area contributed by atoms with Crippen molar-refractivity contribution >= 4 is 40.4 Å². The summed E-state index contributed by atoms with van der Waals surface area (Å²) in [5.41, 5.74) is -0.200. The lowest BCUT2D eigenvalue weighted by Crippen LogP contribution is -2.44. The van der Waals surface area contributed by atoms with Gasteiger partial charge in [0, 0.05) is 17.9 Å². The first-order valence-electron chi connectivity index (χ1n) is 10.7. The number of imide groups is 1. The number of urea groups is 1. The van der Waals surface area contributed by atoms with Gasteiger partial charge in [0.1, 0.15) is 23.3 Å². The average Bonchev–Trinajstić information content (AvgIpc) is 3.39. The Balaban J connectivity index is 1.37. The smallest absolute Gasteiger partial charge is 0.324 e. The van der Waals surface area contributed by atoms with Crippen molar-refractivity contribution < 1.29 is 18.8 Å². The molecule has 0 aromatic heterocycles. The second-order valence-corrected chi connectivity index (χ2v) is 9.53. The summed E-state index contributed by atoms with van der Waals surface area (Å²) >= 11 is 1.46. The Morgan fingerprint density at radius 2 is 1.82 bits per heavy atom. The quantitative estimate of drug-likeness (QED) is 0.594. The molecule has 0 radical (unpaired) electrons. The van der Waals surface area contributed by atoms with Crippen molar-refractivity contribution in [1.29, 1.82) is 0 Å². The van der Waals surface area contributed by atoms with Gasteiger partial charge in [-0.1, -0.05) is 54.6 Å². The van der Waals surface area contributed by atoms with Gasteiger partial charge in [-0.25, -0.2) is 9.18 Å². The van der Waals surface area contributed by atoms with Crippen molar-refractivity contribution in [1.82, 2.24) is 15.1 Å². The minimum atomic E-state index is -1.27. The second-order valence-electron chi connectivity index (χ2n) is 8.34. The molecular formula is C25H22FN3O3S. The predicted molar refractivity (Wildman–Crippen MR) is 125 cm³/mol. The summed E-state index contributed by atoms with van der Waals surface area (Å²) in [7, 11) is 0. The van der Waals surface area contributed by atoms with Gasteiger partial charge in [-0.05, 0) is 35.4 Å². The number of benzene rings is 3. The molecule has 5 rings (SSSR count). The van der Waals surface area contributed by atoms with E-state index < -0.39 is 22.9 Å². The fourth-order valence-electron chi connectivity index (χ4n) is 4.42. The molecule has 0 spiro atoms. The number of amides is 4. The maximum atomic E-state index is 14.3. The van der Waals surface area contributed by atoms with Gasteiger partial charge in [0.2, 0.25) is 5.91 Å². The third-order valence-corrected chi connectivity index (χ3v) is 7.52. The summed E-state index contributed by atoms with van der Waals surface area (Å²) < 4.78 is 14.3. The maximum absolute atomic E-state index is 14.3. The molecule has 1 N–H and O–H groups in total. The van der Waals surface area contributed by atoms with Gasteiger partial charge in [0.25, 0.3) is 5.91 Å². The van der Waals surface area contributed by atoms with Gasteiger partial charge in [0.15, 0.2) is 0 Å². The SMILES string of the molecule is C[C@@]1(c2ccc3ccccc3c2)NC(=O)N(CC(=O)N2CCS[C@H]2c2ccccc2F)C1=O. The van der Waals surface area contributed by atoms with Crippen LogP contribution in [0.3, 0.4) is 0 Å². The Bertz CT molecular complexity index is 1280. The zero-order valence-corrected chi connectivity index (χ0v) is 18.8. The van der Waals surface area contributed by atoms with Crippen LogP contribution in [0, 0.1) is 5.82 Å². The molecule has 0 unspecified atom stereocenters. The van der Waals surface area contributed by atoms with Crippen molar-refractivity contribution in [2.24, 2.45) is 0 Å². The predicted octanol–water partition coefficient (Wildman–Crippen LogP) is 4.02. The van der Waals surface area contributed by atoms with Crippen molar-refractivity contribution in [2.75, 3.05) is 18.8 Å². The van der Waals surface area contributed by atoms with Crippen LogP contribution in [0.15, 0.2) is 66.7 Å². The Morgan fingerprint density at radius 3 is 2.61 bits per heavy atom. The van der Waals surface area contributed by atoms with Gasteiger partial charge in [-0.15, -0.1) is 11.8 Å². The molecule has 3 aromatic carbocycles. The van der Waals surface area contributed by atoms with Crippen molar-refractivity contribution in [3.63, 3.8) is 0 Å². The molecular weight excluding hydrogens is 441 g/mol. The lowest BCUT2D eigenvalue weighted by Gasteiger charge is -2.26. The van der Waals surface area contributed by atoms with E-state index in [2.05, 4.69) is 5.32 Å². The van der Waals surface area contributed by atoms with Gasteiger partial charge >= 0.3 is 6.03 Å². The van der Waals surface area contributed by atoms with Crippen molar-refractivity contribution in [2.45, 2.75) is 17.8 Å². The number of thioether (sulfide) groups is 1. The molecule has 0 aliphatic carbocycles. The highest BCUT2D eigenvalue weighted by molar-refractivity contribution is 7.99. The van der Waals surface area contributed by atoms with Gasteiger partial charge in [-0.2, -0.15) is 0 Å². The largest absolute Gasteiger partial charge is 0.325 e. The van der Waals surface area contributed by atoms with Gasteiger partial charge in [0.05, 0.1) is 0 Å². The first-order valence-corrected chi connectivity index (χ1v) is 11.7. The summed E-state index contributed by atoms with van der Waals surface area (Å²) in [4.78, 5) is 41.7. The molecule has 4 amide bonds. The molecule has 2 atom stereocenters. The van der Waals surface area contributed by atoms with E-state index in [-0.39, 0.29) is 18.3 Å². The van der Waals surface area contributed by atoms with Crippen LogP contribution in [0.25, 0.3) is 10.8 Å². The van der Waals surface area contributed by atoms with Gasteiger partial charge < -0.3 is 10.2 Å². The number of halogens is 1. The topological polar surface area (TPSA) is 69.7 Å². The molecule has 8 heteroatoms. The fraction of sp³-hybridized carbons (Fsp3) is 0.240. The van der Waals surface area contributed by atoms with Crippen LogP contribution in [-0.4, -0.2) is 46.5 Å². The van der Waals surface area contributed by atoms with Crippen LogP contribution in [-0.2, 0) is 15.1 Å². The summed E-state index contributed by atoms with van der Waals surface area (Å²) in [5.74, 6) is -0.599. The number of hydrogen-bond donors (Lipinski definition) is 1. The molecule has 6 nitrogen and oxygen atoms in total. The standard InChI is InChI=1S/C25H22FN3O3S/c1-25(18-11-10-16-6-2-3-7-17(16)14-18)23(31)29(24(32)27-25)15-21(30)28-12-13-33-22(28)19-8-4-5-9-20(19)26/h2-11,14,22H,12-13,15H2,1H3,(H,27,32)/t22-,25-/m0/s1. The number of carbonyl (C=O) groups is 3. The molecule has 0 bridgehead atoms. The number of carbonyl (C=O) groups excluding carboxylic acids is 3. The van der Waals surface area contributed by atoms with E-state index in [4.69, 9.17) is 0 Å². The normalized spacial score (nSPS) is 22.8. The highest BCUT2D eigenvalue weighted by Crippen LogP contribution is 2.39. The van der Waals surface area contributed by atoms with E-state index >= 15 is 0 Å². The second kappa shape index (κ2) is 8.19. The monoisotopic (exact) mass is 463 g/mol. The van der Waals surface area contributed by atoms with Crippen LogP contribution in [0.5, 0.6) is 0 Å². The van der Waals surface area contributed by atoms with Crippen molar-refractivity contribution in [3.05, 3.63) is 83.7 Å². The van der Waals surface area contributed by atoms with E-state index in [0.29, 0.717) is 23.4 Å². The summed E-state index contributed by atoms with van der Waals surface area (Å²) in [6, 6.07) is 19.1.